The Labute approximate surface area is 187 Å². The Bertz CT molecular complexity index is 767. The minimum Gasteiger partial charge on any atom is -0.444 e. The van der Waals surface area contributed by atoms with Gasteiger partial charge in [0.05, 0.1) is 19.2 Å². The molecule has 0 aromatic carbocycles. The van der Waals surface area contributed by atoms with E-state index in [-0.39, 0.29) is 17.6 Å². The van der Waals surface area contributed by atoms with Crippen LogP contribution >= 0.6 is 22.6 Å². The van der Waals surface area contributed by atoms with Crippen LogP contribution in [0.3, 0.4) is 0 Å². The van der Waals surface area contributed by atoms with Crippen LogP contribution < -0.4 is 4.74 Å². The number of aromatic nitrogens is 2. The van der Waals surface area contributed by atoms with E-state index in [4.69, 9.17) is 13.9 Å². The molecular weight excluding hydrogens is 505 g/mol. The van der Waals surface area contributed by atoms with Gasteiger partial charge in [-0.15, -0.1) is 0 Å². The molecule has 0 aliphatic carbocycles. The molecule has 164 valence electrons. The van der Waals surface area contributed by atoms with Gasteiger partial charge in [0.15, 0.2) is 17.8 Å². The number of carbonyl (C=O) groups excluding carboxylic acids is 2. The topological polar surface area (TPSA) is 82.9 Å². The van der Waals surface area contributed by atoms with Crippen LogP contribution in [0.1, 0.15) is 53.3 Å². The minimum atomic E-state index is -1.98. The first-order valence-corrected chi connectivity index (χ1v) is 13.6. The molecule has 0 bridgehead atoms. The number of rotatable bonds is 5. The zero-order valence-corrected chi connectivity index (χ0v) is 21.7. The molecule has 0 saturated carbocycles. The summed E-state index contributed by atoms with van der Waals surface area (Å²) in [7, 11) is -1.98. The van der Waals surface area contributed by atoms with Gasteiger partial charge in [-0.1, -0.05) is 20.8 Å². The second-order valence-corrected chi connectivity index (χ2v) is 15.6. The standard InChI is InChI=1S/C19H32IN3O5Si/c1-18(2,3)28-17(25)22-9-13(11-27-29(7,8)19(4,5)6)23-14(10-22)15(26-12-24)16(20)21-23/h12-13H,9-11H2,1-8H3. The van der Waals surface area contributed by atoms with Gasteiger partial charge in [0.2, 0.25) is 0 Å². The largest absolute Gasteiger partial charge is 0.444 e. The van der Waals surface area contributed by atoms with Gasteiger partial charge in [0.1, 0.15) is 11.3 Å². The van der Waals surface area contributed by atoms with E-state index >= 15 is 0 Å². The lowest BCUT2D eigenvalue weighted by atomic mass is 10.2. The molecule has 0 N–H and O–H groups in total. The first-order valence-electron chi connectivity index (χ1n) is 9.65. The molecule has 0 saturated heterocycles. The van der Waals surface area contributed by atoms with E-state index in [1.807, 2.05) is 48.0 Å². The Morgan fingerprint density at radius 3 is 2.41 bits per heavy atom. The fourth-order valence-corrected chi connectivity index (χ4v) is 4.43. The monoisotopic (exact) mass is 537 g/mol. The SMILES string of the molecule is CC(C)(C)OC(=O)N1Cc2c(OC=O)c(I)nn2C(CO[Si](C)(C)C(C)(C)C)C1. The van der Waals surface area contributed by atoms with Crippen LogP contribution in [0.4, 0.5) is 4.79 Å². The average Bonchev–Trinajstić information content (AvgIpc) is 2.86. The zero-order chi connectivity index (χ0) is 22.2. The highest BCUT2D eigenvalue weighted by atomic mass is 127. The van der Waals surface area contributed by atoms with E-state index in [0.29, 0.717) is 34.8 Å². The highest BCUT2D eigenvalue weighted by Gasteiger charge is 2.40. The van der Waals surface area contributed by atoms with Crippen molar-refractivity contribution < 1.29 is 23.5 Å². The molecule has 1 aliphatic heterocycles. The smallest absolute Gasteiger partial charge is 0.410 e. The summed E-state index contributed by atoms with van der Waals surface area (Å²) in [5, 5.41) is 4.63. The number of carbonyl (C=O) groups is 2. The zero-order valence-electron chi connectivity index (χ0n) is 18.5. The lowest BCUT2D eigenvalue weighted by Crippen LogP contribution is -2.47. The quantitative estimate of drug-likeness (QED) is 0.316. The van der Waals surface area contributed by atoms with Gasteiger partial charge in [-0.3, -0.25) is 14.4 Å². The molecule has 0 spiro atoms. The second-order valence-electron chi connectivity index (χ2n) is 9.81. The summed E-state index contributed by atoms with van der Waals surface area (Å²) in [6.07, 6.45) is -0.408. The van der Waals surface area contributed by atoms with Crippen LogP contribution in [-0.4, -0.2) is 54.3 Å². The molecule has 0 fully saturated rings. The van der Waals surface area contributed by atoms with E-state index in [2.05, 4.69) is 39.0 Å². The van der Waals surface area contributed by atoms with Crippen molar-refractivity contribution >= 4 is 43.5 Å². The van der Waals surface area contributed by atoms with Crippen LogP contribution in [0.25, 0.3) is 0 Å². The summed E-state index contributed by atoms with van der Waals surface area (Å²) in [5.41, 5.74) is 0.0702. The van der Waals surface area contributed by atoms with Crippen molar-refractivity contribution in [1.82, 2.24) is 14.7 Å². The van der Waals surface area contributed by atoms with Crippen LogP contribution in [0, 0.1) is 3.70 Å². The highest BCUT2D eigenvalue weighted by Crippen LogP contribution is 2.38. The molecule has 1 aromatic heterocycles. The molecular formula is C19H32IN3O5Si. The summed E-state index contributed by atoms with van der Waals surface area (Å²) in [4.78, 5) is 25.3. The van der Waals surface area contributed by atoms with Crippen molar-refractivity contribution in [3.05, 3.63) is 9.39 Å². The number of fused-ring (bicyclic) bond motifs is 1. The Morgan fingerprint density at radius 2 is 1.90 bits per heavy atom. The Balaban J connectivity index is 2.33. The maximum atomic E-state index is 12.7. The lowest BCUT2D eigenvalue weighted by Gasteiger charge is -2.39. The third-order valence-corrected chi connectivity index (χ3v) is 10.5. The molecule has 10 heteroatoms. The van der Waals surface area contributed by atoms with Gasteiger partial charge in [0.25, 0.3) is 6.47 Å². The maximum absolute atomic E-state index is 12.7. The van der Waals surface area contributed by atoms with Crippen molar-refractivity contribution in [1.29, 1.82) is 0 Å². The summed E-state index contributed by atoms with van der Waals surface area (Å²) in [6.45, 7) is 17.9. The van der Waals surface area contributed by atoms with Crippen molar-refractivity contribution in [3.8, 4) is 5.75 Å². The van der Waals surface area contributed by atoms with Gasteiger partial charge < -0.3 is 13.9 Å². The Hall–Kier alpha value is -1.14. The van der Waals surface area contributed by atoms with Crippen LogP contribution in [0.2, 0.25) is 18.1 Å². The number of ether oxygens (including phenoxy) is 2. The summed E-state index contributed by atoms with van der Waals surface area (Å²) in [5.74, 6) is 0.381. The first kappa shape index (κ1) is 24.1. The third kappa shape index (κ3) is 5.72. The van der Waals surface area contributed by atoms with Crippen molar-refractivity contribution in [3.63, 3.8) is 0 Å². The fraction of sp³-hybridized carbons (Fsp3) is 0.737. The predicted octanol–water partition coefficient (Wildman–Crippen LogP) is 4.34. The molecule has 1 atom stereocenters. The molecule has 2 rings (SSSR count). The number of amides is 1. The number of hydrogen-bond acceptors (Lipinski definition) is 6. The van der Waals surface area contributed by atoms with Gasteiger partial charge in [-0.25, -0.2) is 4.79 Å². The first-order chi connectivity index (χ1) is 13.2. The van der Waals surface area contributed by atoms with Gasteiger partial charge in [-0.05, 0) is 61.5 Å². The van der Waals surface area contributed by atoms with E-state index in [9.17, 15) is 9.59 Å². The van der Waals surface area contributed by atoms with E-state index in [0.717, 1.165) is 0 Å². The second kappa shape index (κ2) is 8.54. The normalized spacial score (nSPS) is 17.7. The van der Waals surface area contributed by atoms with Crippen molar-refractivity contribution in [2.45, 2.75) is 77.9 Å². The van der Waals surface area contributed by atoms with Gasteiger partial charge >= 0.3 is 6.09 Å². The average molecular weight is 537 g/mol. The molecule has 2 heterocycles. The molecule has 29 heavy (non-hydrogen) atoms. The highest BCUT2D eigenvalue weighted by molar-refractivity contribution is 14.1. The Morgan fingerprint density at radius 1 is 1.28 bits per heavy atom. The Kier molecular flexibility index (Phi) is 7.10. The summed E-state index contributed by atoms with van der Waals surface area (Å²) in [6, 6.07) is -0.196. The molecule has 1 unspecified atom stereocenters. The number of nitrogens with zero attached hydrogens (tertiary/aromatic N) is 3. The third-order valence-electron chi connectivity index (χ3n) is 5.30. The van der Waals surface area contributed by atoms with E-state index < -0.39 is 20.0 Å². The van der Waals surface area contributed by atoms with Crippen molar-refractivity contribution in [2.75, 3.05) is 13.2 Å². The molecule has 1 amide bonds. The fourth-order valence-electron chi connectivity index (χ4n) is 2.72. The minimum absolute atomic E-state index is 0.0691. The van der Waals surface area contributed by atoms with Gasteiger partial charge in [0, 0.05) is 6.54 Å². The summed E-state index contributed by atoms with van der Waals surface area (Å²) < 4.78 is 19.5. The maximum Gasteiger partial charge on any atom is 0.410 e. The molecule has 1 aliphatic rings. The number of halogens is 1. The molecule has 1 aromatic rings. The van der Waals surface area contributed by atoms with Gasteiger partial charge in [-0.2, -0.15) is 5.10 Å². The van der Waals surface area contributed by atoms with Crippen molar-refractivity contribution in [2.24, 2.45) is 0 Å². The lowest BCUT2D eigenvalue weighted by molar-refractivity contribution is -0.120. The van der Waals surface area contributed by atoms with E-state index in [1.54, 1.807) is 4.90 Å². The van der Waals surface area contributed by atoms with E-state index in [1.165, 1.54) is 0 Å². The number of hydrogen-bond donors (Lipinski definition) is 0. The van der Waals surface area contributed by atoms with Crippen LogP contribution in [0.15, 0.2) is 0 Å². The summed E-state index contributed by atoms with van der Waals surface area (Å²) >= 11 is 2.04. The predicted molar refractivity (Wildman–Crippen MR) is 120 cm³/mol. The van der Waals surface area contributed by atoms with Crippen LogP contribution in [-0.2, 0) is 20.5 Å². The van der Waals surface area contributed by atoms with Crippen LogP contribution in [0.5, 0.6) is 5.75 Å². The molecule has 8 nitrogen and oxygen atoms in total. The molecule has 0 radical (unpaired) electrons.